The molecule has 0 bridgehead atoms. The molecule has 1 unspecified atom stereocenters. The van der Waals surface area contributed by atoms with E-state index in [4.69, 9.17) is 0 Å². The fraction of sp³-hybridized carbons (Fsp3) is 0.304. The molecule has 1 atom stereocenters. The molecule has 180 valence electrons. The summed E-state index contributed by atoms with van der Waals surface area (Å²) in [5, 5.41) is 14.8. The minimum Gasteiger partial charge on any atom is -0.373 e. The number of nitro benzene ring substituents is 1. The quantitative estimate of drug-likeness (QED) is 0.263. The summed E-state index contributed by atoms with van der Waals surface area (Å²) in [4.78, 5) is 28.0. The number of aryl methyl sites for hydroxylation is 1. The Morgan fingerprint density at radius 2 is 1.82 bits per heavy atom. The van der Waals surface area contributed by atoms with Gasteiger partial charge in [-0.05, 0) is 36.8 Å². The number of carbonyl (C=O) groups is 1. The molecule has 11 heteroatoms. The summed E-state index contributed by atoms with van der Waals surface area (Å²) >= 11 is 0. The van der Waals surface area contributed by atoms with Crippen molar-refractivity contribution in [2.24, 2.45) is 7.05 Å². The van der Waals surface area contributed by atoms with Crippen LogP contribution >= 0.6 is 0 Å². The summed E-state index contributed by atoms with van der Waals surface area (Å²) in [5.41, 5.74) is 0.910. The SMILES string of the molecule is CCN(CC)S(=O)(=O)c1ccc(C(C)Nc2ccc(C(=O)c3nccn3C)cc2[N+](=O)[O-])cc1. The number of hydrogen-bond acceptors (Lipinski definition) is 7. The van der Waals surface area contributed by atoms with Gasteiger partial charge in [0.25, 0.3) is 5.69 Å². The number of nitro groups is 1. The third-order valence-corrected chi connectivity index (χ3v) is 7.64. The summed E-state index contributed by atoms with van der Waals surface area (Å²) in [6.07, 6.45) is 3.11. The Bertz CT molecular complexity index is 1300. The van der Waals surface area contributed by atoms with Crippen LogP contribution in [-0.4, -0.2) is 46.1 Å². The van der Waals surface area contributed by atoms with Gasteiger partial charge in [0.2, 0.25) is 15.8 Å². The summed E-state index contributed by atoms with van der Waals surface area (Å²) in [5.74, 6) is -0.233. The first kappa shape index (κ1) is 25.1. The van der Waals surface area contributed by atoms with E-state index in [1.54, 1.807) is 43.8 Å². The molecule has 10 nitrogen and oxygen atoms in total. The van der Waals surface area contributed by atoms with Crippen molar-refractivity contribution in [1.29, 1.82) is 0 Å². The number of ketones is 1. The Kier molecular flexibility index (Phi) is 7.48. The van der Waals surface area contributed by atoms with E-state index >= 15 is 0 Å². The first-order valence-corrected chi connectivity index (χ1v) is 12.2. The van der Waals surface area contributed by atoms with Crippen molar-refractivity contribution in [3.05, 3.63) is 81.9 Å². The van der Waals surface area contributed by atoms with E-state index in [1.165, 1.54) is 40.8 Å². The highest BCUT2D eigenvalue weighted by atomic mass is 32.2. The van der Waals surface area contributed by atoms with Crippen molar-refractivity contribution < 1.29 is 18.1 Å². The lowest BCUT2D eigenvalue weighted by molar-refractivity contribution is -0.384. The van der Waals surface area contributed by atoms with E-state index in [2.05, 4.69) is 10.3 Å². The molecular formula is C23H27N5O5S. The fourth-order valence-corrected chi connectivity index (χ4v) is 5.08. The van der Waals surface area contributed by atoms with Crippen LogP contribution in [0.1, 0.15) is 48.6 Å². The second-order valence-electron chi connectivity index (χ2n) is 7.70. The van der Waals surface area contributed by atoms with Crippen molar-refractivity contribution in [1.82, 2.24) is 13.9 Å². The zero-order valence-corrected chi connectivity index (χ0v) is 20.2. The first-order chi connectivity index (χ1) is 16.1. The topological polar surface area (TPSA) is 127 Å². The molecule has 0 spiro atoms. The molecule has 34 heavy (non-hydrogen) atoms. The molecular weight excluding hydrogens is 458 g/mol. The zero-order valence-electron chi connectivity index (χ0n) is 19.4. The van der Waals surface area contributed by atoms with E-state index in [0.717, 1.165) is 5.56 Å². The summed E-state index contributed by atoms with van der Waals surface area (Å²) in [6.45, 7) is 6.12. The van der Waals surface area contributed by atoms with Crippen LogP contribution in [-0.2, 0) is 17.1 Å². The van der Waals surface area contributed by atoms with Gasteiger partial charge < -0.3 is 9.88 Å². The van der Waals surface area contributed by atoms with E-state index in [9.17, 15) is 23.3 Å². The van der Waals surface area contributed by atoms with Crippen LogP contribution in [0.25, 0.3) is 0 Å². The minimum atomic E-state index is -3.57. The number of carbonyl (C=O) groups excluding carboxylic acids is 1. The number of sulfonamides is 1. The van der Waals surface area contributed by atoms with Crippen molar-refractivity contribution in [3.63, 3.8) is 0 Å². The molecule has 0 saturated carbocycles. The molecule has 0 fully saturated rings. The molecule has 0 amide bonds. The molecule has 2 aromatic carbocycles. The van der Waals surface area contributed by atoms with Gasteiger partial charge in [0.05, 0.1) is 9.82 Å². The van der Waals surface area contributed by atoms with Crippen molar-refractivity contribution in [2.75, 3.05) is 18.4 Å². The van der Waals surface area contributed by atoms with Crippen LogP contribution < -0.4 is 5.32 Å². The predicted molar refractivity (Wildman–Crippen MR) is 128 cm³/mol. The lowest BCUT2D eigenvalue weighted by atomic mass is 10.1. The Morgan fingerprint density at radius 1 is 1.18 bits per heavy atom. The highest BCUT2D eigenvalue weighted by molar-refractivity contribution is 7.89. The number of rotatable bonds is 10. The molecule has 3 rings (SSSR count). The molecule has 0 aliphatic carbocycles. The van der Waals surface area contributed by atoms with E-state index in [0.29, 0.717) is 13.1 Å². The van der Waals surface area contributed by atoms with E-state index in [-0.39, 0.29) is 33.7 Å². The summed E-state index contributed by atoms with van der Waals surface area (Å²) < 4.78 is 28.3. The average molecular weight is 486 g/mol. The average Bonchev–Trinajstić information content (AvgIpc) is 3.25. The Morgan fingerprint density at radius 3 is 2.35 bits per heavy atom. The monoisotopic (exact) mass is 485 g/mol. The second kappa shape index (κ2) is 10.1. The van der Waals surface area contributed by atoms with Crippen molar-refractivity contribution in [2.45, 2.75) is 31.7 Å². The Labute approximate surface area is 198 Å². The van der Waals surface area contributed by atoms with Crippen molar-refractivity contribution in [3.8, 4) is 0 Å². The van der Waals surface area contributed by atoms with Crippen LogP contribution in [0.5, 0.6) is 0 Å². The number of hydrogen-bond donors (Lipinski definition) is 1. The maximum absolute atomic E-state index is 12.7. The summed E-state index contributed by atoms with van der Waals surface area (Å²) in [7, 11) is -1.90. The van der Waals surface area contributed by atoms with Crippen LogP contribution in [0.2, 0.25) is 0 Å². The van der Waals surface area contributed by atoms with Crippen LogP contribution in [0.15, 0.2) is 59.8 Å². The second-order valence-corrected chi connectivity index (χ2v) is 9.64. The van der Waals surface area contributed by atoms with Crippen molar-refractivity contribution >= 4 is 27.2 Å². The molecule has 1 heterocycles. The number of anilines is 1. The van der Waals surface area contributed by atoms with Crippen LogP contribution in [0, 0.1) is 10.1 Å². The smallest absolute Gasteiger partial charge is 0.293 e. The van der Waals surface area contributed by atoms with Gasteiger partial charge in [0.1, 0.15) is 5.69 Å². The number of nitrogens with zero attached hydrogens (tertiary/aromatic N) is 4. The number of aromatic nitrogens is 2. The molecule has 3 aromatic rings. The molecule has 0 radical (unpaired) electrons. The maximum Gasteiger partial charge on any atom is 0.293 e. The standard InChI is InChI=1S/C23H27N5O5S/c1-5-27(6-2)34(32,33)19-10-7-17(8-11-19)16(3)25-20-12-9-18(15-21(20)28(30)31)22(29)23-24-13-14-26(23)4/h7-16,25H,5-6H2,1-4H3. The van der Waals surface area contributed by atoms with Gasteiger partial charge in [-0.15, -0.1) is 0 Å². The van der Waals surface area contributed by atoms with Crippen LogP contribution in [0.3, 0.4) is 0 Å². The lowest BCUT2D eigenvalue weighted by Crippen LogP contribution is -2.30. The largest absolute Gasteiger partial charge is 0.373 e. The lowest BCUT2D eigenvalue weighted by Gasteiger charge is -2.20. The molecule has 0 aliphatic rings. The molecule has 1 aromatic heterocycles. The predicted octanol–water partition coefficient (Wildman–Crippen LogP) is 3.76. The zero-order chi connectivity index (χ0) is 25.0. The minimum absolute atomic E-state index is 0.158. The van der Waals surface area contributed by atoms with Crippen LogP contribution in [0.4, 0.5) is 11.4 Å². The number of imidazole rings is 1. The summed E-state index contributed by atoms with van der Waals surface area (Å²) in [6, 6.07) is 10.3. The third-order valence-electron chi connectivity index (χ3n) is 5.58. The van der Waals surface area contributed by atoms with E-state index < -0.39 is 20.7 Å². The van der Waals surface area contributed by atoms with Gasteiger partial charge in [0.15, 0.2) is 5.82 Å². The third kappa shape index (κ3) is 5.00. The molecule has 1 N–H and O–H groups in total. The fourth-order valence-electron chi connectivity index (χ4n) is 3.62. The van der Waals surface area contributed by atoms with Gasteiger partial charge in [-0.25, -0.2) is 13.4 Å². The van der Waals surface area contributed by atoms with Gasteiger partial charge in [-0.3, -0.25) is 14.9 Å². The highest BCUT2D eigenvalue weighted by Gasteiger charge is 2.23. The van der Waals surface area contributed by atoms with Gasteiger partial charge in [-0.1, -0.05) is 26.0 Å². The Hall–Kier alpha value is -3.57. The first-order valence-electron chi connectivity index (χ1n) is 10.8. The molecule has 0 aliphatic heterocycles. The molecule has 0 saturated heterocycles. The van der Waals surface area contributed by atoms with Gasteiger partial charge >= 0.3 is 0 Å². The van der Waals surface area contributed by atoms with E-state index in [1.807, 2.05) is 6.92 Å². The maximum atomic E-state index is 12.7. The number of benzene rings is 2. The van der Waals surface area contributed by atoms with Gasteiger partial charge in [0, 0.05) is 50.2 Å². The normalized spacial score (nSPS) is 12.5. The number of nitrogens with one attached hydrogen (secondary N) is 1. The Balaban J connectivity index is 1.84. The highest BCUT2D eigenvalue weighted by Crippen LogP contribution is 2.30. The van der Waals surface area contributed by atoms with Gasteiger partial charge in [-0.2, -0.15) is 4.31 Å².